The molecule has 1 N–H and O–H groups in total. The Morgan fingerprint density at radius 1 is 1.56 bits per heavy atom. The third kappa shape index (κ3) is 3.14. The Morgan fingerprint density at radius 3 is 2.00 bits per heavy atom. The van der Waals surface area contributed by atoms with Crippen LogP contribution in [0.2, 0.25) is 0 Å². The van der Waals surface area contributed by atoms with Gasteiger partial charge in [0.15, 0.2) is 0 Å². The maximum atomic E-state index is 10.1. The molecule has 0 spiro atoms. The van der Waals surface area contributed by atoms with Crippen LogP contribution in [0.3, 0.4) is 0 Å². The summed E-state index contributed by atoms with van der Waals surface area (Å²) in [7, 11) is 0. The van der Waals surface area contributed by atoms with Crippen molar-refractivity contribution in [3.05, 3.63) is 0 Å². The topological polar surface area (TPSA) is 37.3 Å². The van der Waals surface area contributed by atoms with E-state index in [2.05, 4.69) is 0 Å². The Balaban J connectivity index is 3.83. The third-order valence-corrected chi connectivity index (χ3v) is 1.73. The number of carboxylic acid groups (broad SMARTS) is 1. The van der Waals surface area contributed by atoms with E-state index in [0.717, 1.165) is 0 Å². The van der Waals surface area contributed by atoms with E-state index >= 15 is 0 Å². The molecule has 0 aromatic carbocycles. The molecule has 5 heteroatoms. The number of carboxylic acids is 1. The van der Waals surface area contributed by atoms with Crippen LogP contribution >= 0.6 is 34.8 Å². The summed E-state index contributed by atoms with van der Waals surface area (Å²) in [4.78, 5) is 9.19. The maximum absolute atomic E-state index is 10.1. The summed E-state index contributed by atoms with van der Waals surface area (Å²) in [5, 5.41) is 8.29. The van der Waals surface area contributed by atoms with E-state index in [1.165, 1.54) is 0 Å². The fourth-order valence-electron chi connectivity index (χ4n) is 0.241. The summed E-state index contributed by atoms with van der Waals surface area (Å²) in [5.74, 6) is -2.00. The largest absolute Gasteiger partial charge is 0.481 e. The first-order valence-electron chi connectivity index (χ1n) is 2.16. The zero-order valence-corrected chi connectivity index (χ0v) is 6.62. The fourth-order valence-corrected chi connectivity index (χ4v) is 1.13. The first-order chi connectivity index (χ1) is 4.09. The van der Waals surface area contributed by atoms with Crippen molar-refractivity contribution in [3.63, 3.8) is 0 Å². The van der Waals surface area contributed by atoms with Gasteiger partial charge in [-0.2, -0.15) is 0 Å². The second-order valence-electron chi connectivity index (χ2n) is 1.43. The zero-order chi connectivity index (χ0) is 7.44. The molecule has 0 aromatic rings. The van der Waals surface area contributed by atoms with E-state index in [9.17, 15) is 4.79 Å². The molecule has 54 valence electrons. The number of hydrogen-bond acceptors (Lipinski definition) is 1. The van der Waals surface area contributed by atoms with Crippen molar-refractivity contribution < 1.29 is 9.90 Å². The number of halogens is 3. The summed E-state index contributed by atoms with van der Waals surface area (Å²) in [5.41, 5.74) is 0. The Kier molecular flexibility index (Phi) is 4.36. The van der Waals surface area contributed by atoms with Gasteiger partial charge in [-0.05, 0) is 0 Å². The number of alkyl halides is 3. The molecule has 1 unspecified atom stereocenters. The van der Waals surface area contributed by atoms with Crippen LogP contribution in [0.25, 0.3) is 0 Å². The van der Waals surface area contributed by atoms with Crippen molar-refractivity contribution in [2.24, 2.45) is 5.92 Å². The quantitative estimate of drug-likeness (QED) is 0.690. The lowest BCUT2D eigenvalue weighted by Crippen LogP contribution is -2.21. The van der Waals surface area contributed by atoms with Crippen molar-refractivity contribution in [1.82, 2.24) is 0 Å². The average molecular weight is 191 g/mol. The molecule has 0 amide bonds. The summed E-state index contributed by atoms with van der Waals surface area (Å²) in [6.45, 7) is 0. The van der Waals surface area contributed by atoms with Gasteiger partial charge in [0.1, 0.15) is 10.8 Å². The van der Waals surface area contributed by atoms with Crippen molar-refractivity contribution >= 4 is 40.8 Å². The minimum atomic E-state index is -1.07. The van der Waals surface area contributed by atoms with Gasteiger partial charge in [0, 0.05) is 5.88 Å². The maximum Gasteiger partial charge on any atom is 0.310 e. The molecule has 9 heavy (non-hydrogen) atoms. The van der Waals surface area contributed by atoms with Crippen LogP contribution in [0.15, 0.2) is 0 Å². The third-order valence-electron chi connectivity index (χ3n) is 0.788. The van der Waals surface area contributed by atoms with Crippen LogP contribution < -0.4 is 0 Å². The Bertz CT molecular complexity index is 104. The van der Waals surface area contributed by atoms with E-state index in [1.54, 1.807) is 0 Å². The van der Waals surface area contributed by atoms with E-state index in [4.69, 9.17) is 39.9 Å². The van der Waals surface area contributed by atoms with Crippen LogP contribution in [0.4, 0.5) is 0 Å². The normalized spacial score (nSPS) is 13.8. The van der Waals surface area contributed by atoms with Crippen molar-refractivity contribution in [1.29, 1.82) is 0 Å². The molecular formula is C4H5Cl3O2. The molecule has 0 aliphatic heterocycles. The fraction of sp³-hybridized carbons (Fsp3) is 0.750. The van der Waals surface area contributed by atoms with Crippen molar-refractivity contribution in [2.75, 3.05) is 5.88 Å². The van der Waals surface area contributed by atoms with Crippen molar-refractivity contribution in [2.45, 2.75) is 4.84 Å². The number of aliphatic carboxylic acids is 1. The van der Waals surface area contributed by atoms with Gasteiger partial charge in [-0.1, -0.05) is 0 Å². The van der Waals surface area contributed by atoms with Gasteiger partial charge in [-0.3, -0.25) is 4.79 Å². The first kappa shape index (κ1) is 9.34. The lowest BCUT2D eigenvalue weighted by molar-refractivity contribution is -0.140. The van der Waals surface area contributed by atoms with Gasteiger partial charge in [-0.25, -0.2) is 0 Å². The average Bonchev–Trinajstić information content (AvgIpc) is 1.64. The number of hydrogen-bond donors (Lipinski definition) is 1. The minimum absolute atomic E-state index is 0.0625. The van der Waals surface area contributed by atoms with Crippen LogP contribution in [0, 0.1) is 5.92 Å². The molecule has 0 rings (SSSR count). The Morgan fingerprint density at radius 2 is 2.00 bits per heavy atom. The highest BCUT2D eigenvalue weighted by Gasteiger charge is 2.23. The highest BCUT2D eigenvalue weighted by atomic mass is 35.5. The molecule has 0 aromatic heterocycles. The second kappa shape index (κ2) is 4.20. The van der Waals surface area contributed by atoms with Crippen LogP contribution in [-0.4, -0.2) is 21.8 Å². The van der Waals surface area contributed by atoms with Gasteiger partial charge in [-0.15, -0.1) is 34.8 Å². The molecule has 0 fully saturated rings. The van der Waals surface area contributed by atoms with Crippen LogP contribution in [0.1, 0.15) is 0 Å². The Hall–Kier alpha value is 0.340. The molecule has 0 aliphatic carbocycles. The van der Waals surface area contributed by atoms with Gasteiger partial charge < -0.3 is 5.11 Å². The lowest BCUT2D eigenvalue weighted by Gasteiger charge is -2.06. The standard InChI is InChI=1S/C4H5Cl3O2/c5-1-2(3(6)7)4(8)9/h2-3H,1H2,(H,8,9). The molecule has 0 saturated carbocycles. The van der Waals surface area contributed by atoms with Gasteiger partial charge in [0.2, 0.25) is 0 Å². The van der Waals surface area contributed by atoms with Crippen LogP contribution in [0.5, 0.6) is 0 Å². The SMILES string of the molecule is O=C(O)C(CCl)C(Cl)Cl. The molecule has 1 atom stereocenters. The van der Waals surface area contributed by atoms with Crippen molar-refractivity contribution in [3.8, 4) is 0 Å². The zero-order valence-electron chi connectivity index (χ0n) is 4.35. The van der Waals surface area contributed by atoms with Gasteiger partial charge in [0.25, 0.3) is 0 Å². The minimum Gasteiger partial charge on any atom is -0.481 e. The molecule has 0 saturated heterocycles. The molecule has 0 heterocycles. The van der Waals surface area contributed by atoms with Crippen LogP contribution in [-0.2, 0) is 4.79 Å². The molecular weight excluding hydrogens is 186 g/mol. The summed E-state index contributed by atoms with van der Waals surface area (Å²) < 4.78 is 0. The first-order valence-corrected chi connectivity index (χ1v) is 3.57. The van der Waals surface area contributed by atoms with E-state index < -0.39 is 16.7 Å². The lowest BCUT2D eigenvalue weighted by atomic mass is 10.2. The van der Waals surface area contributed by atoms with E-state index in [0.29, 0.717) is 0 Å². The molecule has 0 bridgehead atoms. The predicted molar refractivity (Wildman–Crippen MR) is 37.3 cm³/mol. The molecule has 0 aliphatic rings. The molecule has 0 radical (unpaired) electrons. The second-order valence-corrected chi connectivity index (χ2v) is 2.91. The highest BCUT2D eigenvalue weighted by molar-refractivity contribution is 6.45. The predicted octanol–water partition coefficient (Wildman–Crippen LogP) is 1.73. The summed E-state index contributed by atoms with van der Waals surface area (Å²) in [6.07, 6.45) is 0. The monoisotopic (exact) mass is 190 g/mol. The van der Waals surface area contributed by atoms with E-state index in [-0.39, 0.29) is 5.88 Å². The Labute approximate surface area is 67.7 Å². The highest BCUT2D eigenvalue weighted by Crippen LogP contribution is 2.16. The van der Waals surface area contributed by atoms with Gasteiger partial charge in [0.05, 0.1) is 0 Å². The summed E-state index contributed by atoms with van der Waals surface area (Å²) in [6, 6.07) is 0. The smallest absolute Gasteiger partial charge is 0.310 e. The van der Waals surface area contributed by atoms with E-state index in [1.807, 2.05) is 0 Å². The number of rotatable bonds is 3. The molecule has 2 nitrogen and oxygen atoms in total. The van der Waals surface area contributed by atoms with Gasteiger partial charge >= 0.3 is 5.97 Å². The number of carbonyl (C=O) groups is 1. The summed E-state index contributed by atoms with van der Waals surface area (Å²) >= 11 is 15.7.